The van der Waals surface area contributed by atoms with Crippen molar-refractivity contribution in [2.45, 2.75) is 6.92 Å². The molecule has 0 atom stereocenters. The van der Waals surface area contributed by atoms with Gasteiger partial charge in [-0.15, -0.1) is 0 Å². The van der Waals surface area contributed by atoms with E-state index in [2.05, 4.69) is 9.73 Å². The molecule has 0 N–H and O–H groups in total. The molecule has 0 saturated heterocycles. The predicted octanol–water partition coefficient (Wildman–Crippen LogP) is 3.08. The fourth-order valence-corrected chi connectivity index (χ4v) is 3.74. The van der Waals surface area contributed by atoms with Gasteiger partial charge in [0.2, 0.25) is 0 Å². The van der Waals surface area contributed by atoms with E-state index in [9.17, 15) is 9.59 Å². The largest absolute Gasteiger partial charge is 0.495 e. The molecule has 6 nitrogen and oxygen atoms in total. The van der Waals surface area contributed by atoms with Crippen molar-refractivity contribution in [1.29, 1.82) is 0 Å². The molecule has 3 aromatic rings. The van der Waals surface area contributed by atoms with Gasteiger partial charge >= 0.3 is 5.97 Å². The van der Waals surface area contributed by atoms with Crippen LogP contribution in [0.5, 0.6) is 5.75 Å². The molecule has 0 saturated carbocycles. The van der Waals surface area contributed by atoms with Gasteiger partial charge in [0.25, 0.3) is 5.91 Å². The van der Waals surface area contributed by atoms with Crippen LogP contribution in [0.4, 0.5) is 0 Å². The van der Waals surface area contributed by atoms with Crippen molar-refractivity contribution in [3.05, 3.63) is 57.9 Å². The van der Waals surface area contributed by atoms with Crippen LogP contribution in [0, 0.1) is 6.92 Å². The van der Waals surface area contributed by atoms with Crippen LogP contribution in [-0.2, 0) is 11.8 Å². The number of carbonyl (C=O) groups is 2. The Morgan fingerprint density at radius 3 is 2.31 bits per heavy atom. The summed E-state index contributed by atoms with van der Waals surface area (Å²) in [7, 11) is 4.79. The van der Waals surface area contributed by atoms with E-state index in [1.807, 2.05) is 30.7 Å². The summed E-state index contributed by atoms with van der Waals surface area (Å²) in [5.41, 5.74) is 2.79. The van der Waals surface area contributed by atoms with Crippen molar-refractivity contribution in [2.24, 2.45) is 12.0 Å². The van der Waals surface area contributed by atoms with E-state index >= 15 is 0 Å². The minimum Gasteiger partial charge on any atom is -0.495 e. The van der Waals surface area contributed by atoms with E-state index in [-0.39, 0.29) is 5.91 Å². The molecule has 0 fully saturated rings. The predicted molar refractivity (Wildman–Crippen MR) is 99.8 cm³/mol. The summed E-state index contributed by atoms with van der Waals surface area (Å²) < 4.78 is 13.0. The third kappa shape index (κ3) is 3.13. The van der Waals surface area contributed by atoms with Gasteiger partial charge in [0, 0.05) is 12.6 Å². The number of carbonyl (C=O) groups excluding carboxylic acids is 2. The van der Waals surface area contributed by atoms with Gasteiger partial charge in [-0.1, -0.05) is 17.4 Å². The second-order valence-corrected chi connectivity index (χ2v) is 6.67. The SMILES string of the molecule is COC(=O)c1ccc(C(=O)N=c2sc3c(C)ccc(OC)c3n2C)cc1. The molecule has 0 unspecified atom stereocenters. The van der Waals surface area contributed by atoms with Crippen molar-refractivity contribution < 1.29 is 19.1 Å². The van der Waals surface area contributed by atoms with Crippen LogP contribution in [0.15, 0.2) is 41.4 Å². The summed E-state index contributed by atoms with van der Waals surface area (Å²) >= 11 is 1.44. The first kappa shape index (κ1) is 17.9. The Morgan fingerprint density at radius 2 is 1.69 bits per heavy atom. The number of benzene rings is 2. The molecule has 3 rings (SSSR count). The molecular formula is C19H18N2O4S. The summed E-state index contributed by atoms with van der Waals surface area (Å²) in [6, 6.07) is 10.1. The molecule has 26 heavy (non-hydrogen) atoms. The highest BCUT2D eigenvalue weighted by molar-refractivity contribution is 7.16. The average molecular weight is 370 g/mol. The molecule has 1 heterocycles. The van der Waals surface area contributed by atoms with Crippen LogP contribution in [0.25, 0.3) is 10.2 Å². The Labute approximate surface area is 154 Å². The van der Waals surface area contributed by atoms with E-state index in [4.69, 9.17) is 4.74 Å². The summed E-state index contributed by atoms with van der Waals surface area (Å²) in [5.74, 6) is -0.0831. The average Bonchev–Trinajstić information content (AvgIpc) is 2.99. The first-order valence-electron chi connectivity index (χ1n) is 7.86. The zero-order valence-corrected chi connectivity index (χ0v) is 15.7. The van der Waals surface area contributed by atoms with Gasteiger partial charge in [-0.3, -0.25) is 4.79 Å². The maximum atomic E-state index is 12.5. The molecule has 0 spiro atoms. The Bertz CT molecular complexity index is 1060. The number of fused-ring (bicyclic) bond motifs is 1. The van der Waals surface area contributed by atoms with E-state index in [1.54, 1.807) is 31.4 Å². The van der Waals surface area contributed by atoms with Crippen LogP contribution in [0.2, 0.25) is 0 Å². The lowest BCUT2D eigenvalue weighted by Crippen LogP contribution is -2.13. The number of esters is 1. The molecule has 134 valence electrons. The molecule has 1 amide bonds. The normalized spacial score (nSPS) is 11.6. The van der Waals surface area contributed by atoms with E-state index in [0.29, 0.717) is 15.9 Å². The van der Waals surface area contributed by atoms with Gasteiger partial charge in [0.05, 0.1) is 24.5 Å². The van der Waals surface area contributed by atoms with Gasteiger partial charge in [-0.2, -0.15) is 4.99 Å². The number of hydrogen-bond acceptors (Lipinski definition) is 5. The highest BCUT2D eigenvalue weighted by Gasteiger charge is 2.13. The molecule has 0 radical (unpaired) electrons. The number of hydrogen-bond donors (Lipinski definition) is 0. The molecule has 7 heteroatoms. The molecule has 2 aromatic carbocycles. The zero-order chi connectivity index (χ0) is 18.8. The Balaban J connectivity index is 2.04. The lowest BCUT2D eigenvalue weighted by molar-refractivity contribution is 0.0600. The van der Waals surface area contributed by atoms with Crippen molar-refractivity contribution in [2.75, 3.05) is 14.2 Å². The van der Waals surface area contributed by atoms with Crippen molar-refractivity contribution in [3.8, 4) is 5.75 Å². The van der Waals surface area contributed by atoms with Crippen molar-refractivity contribution in [1.82, 2.24) is 4.57 Å². The van der Waals surface area contributed by atoms with E-state index in [0.717, 1.165) is 21.5 Å². The van der Waals surface area contributed by atoms with E-state index < -0.39 is 5.97 Å². The number of aromatic nitrogens is 1. The Hall–Kier alpha value is -2.93. The van der Waals surface area contributed by atoms with E-state index in [1.165, 1.54) is 18.4 Å². The van der Waals surface area contributed by atoms with Crippen LogP contribution < -0.4 is 9.54 Å². The second kappa shape index (κ2) is 7.13. The molecule has 0 aliphatic rings. The standard InChI is InChI=1S/C19H18N2O4S/c1-11-5-10-14(24-3)15-16(11)26-19(21(15)2)20-17(22)12-6-8-13(9-7-12)18(23)25-4/h5-10H,1-4H3. The number of amides is 1. The number of methoxy groups -OCH3 is 2. The van der Waals surface area contributed by atoms with Crippen LogP contribution in [0.3, 0.4) is 0 Å². The molecule has 0 aliphatic carbocycles. The number of thiazole rings is 1. The molecular weight excluding hydrogens is 352 g/mol. The zero-order valence-electron chi connectivity index (χ0n) is 14.9. The lowest BCUT2D eigenvalue weighted by atomic mass is 10.1. The minimum atomic E-state index is -0.445. The monoisotopic (exact) mass is 370 g/mol. The number of nitrogens with zero attached hydrogens (tertiary/aromatic N) is 2. The van der Waals surface area contributed by atoms with Gasteiger partial charge in [-0.25, -0.2) is 4.79 Å². The van der Waals surface area contributed by atoms with Gasteiger partial charge in [0.1, 0.15) is 11.3 Å². The third-order valence-corrected chi connectivity index (χ3v) is 5.34. The summed E-state index contributed by atoms with van der Waals surface area (Å²) in [4.78, 5) is 28.8. The lowest BCUT2D eigenvalue weighted by Gasteiger charge is -2.05. The number of rotatable bonds is 3. The first-order valence-corrected chi connectivity index (χ1v) is 8.68. The number of aryl methyl sites for hydroxylation is 2. The number of ether oxygens (including phenoxy) is 2. The molecule has 1 aromatic heterocycles. The van der Waals surface area contributed by atoms with Gasteiger partial charge in [0.15, 0.2) is 4.80 Å². The fraction of sp³-hybridized carbons (Fsp3) is 0.211. The van der Waals surface area contributed by atoms with Crippen LogP contribution in [-0.4, -0.2) is 30.7 Å². The van der Waals surface area contributed by atoms with Crippen molar-refractivity contribution >= 4 is 33.4 Å². The quantitative estimate of drug-likeness (QED) is 0.665. The smallest absolute Gasteiger partial charge is 0.337 e. The molecule has 0 aliphatic heterocycles. The third-order valence-electron chi connectivity index (χ3n) is 4.08. The van der Waals surface area contributed by atoms with Crippen molar-refractivity contribution in [3.63, 3.8) is 0 Å². The topological polar surface area (TPSA) is 69.9 Å². The summed E-state index contributed by atoms with van der Waals surface area (Å²) in [5, 5.41) is 0. The maximum absolute atomic E-state index is 12.5. The Morgan fingerprint density at radius 1 is 1.04 bits per heavy atom. The van der Waals surface area contributed by atoms with Gasteiger partial charge in [-0.05, 0) is 42.8 Å². The maximum Gasteiger partial charge on any atom is 0.337 e. The summed E-state index contributed by atoms with van der Waals surface area (Å²) in [6.07, 6.45) is 0. The first-order chi connectivity index (χ1) is 12.5. The second-order valence-electron chi connectivity index (χ2n) is 5.69. The summed E-state index contributed by atoms with van der Waals surface area (Å²) in [6.45, 7) is 2.01. The fourth-order valence-electron chi connectivity index (χ4n) is 2.64. The minimum absolute atomic E-state index is 0.375. The molecule has 0 bridgehead atoms. The highest BCUT2D eigenvalue weighted by Crippen LogP contribution is 2.29. The van der Waals surface area contributed by atoms with Gasteiger partial charge < -0.3 is 14.0 Å². The Kier molecular flexibility index (Phi) is 4.90. The van der Waals surface area contributed by atoms with Crippen LogP contribution in [0.1, 0.15) is 26.3 Å². The highest BCUT2D eigenvalue weighted by atomic mass is 32.1. The van der Waals surface area contributed by atoms with Crippen LogP contribution >= 0.6 is 11.3 Å².